The Morgan fingerprint density at radius 1 is 0.857 bits per heavy atom. The van der Waals surface area contributed by atoms with Gasteiger partial charge in [0.2, 0.25) is 11.9 Å². The molecule has 28 heavy (non-hydrogen) atoms. The van der Waals surface area contributed by atoms with E-state index in [9.17, 15) is 18.4 Å². The van der Waals surface area contributed by atoms with Crippen LogP contribution in [0.15, 0.2) is 36.7 Å². The Morgan fingerprint density at radius 3 is 1.61 bits per heavy atom. The first kappa shape index (κ1) is 19.9. The van der Waals surface area contributed by atoms with E-state index in [0.29, 0.717) is 12.8 Å². The molecule has 148 valence electrons. The molecule has 0 N–H and O–H groups in total. The molecule has 2 heterocycles. The maximum Gasteiger partial charge on any atom is 0.258 e. The van der Waals surface area contributed by atoms with Crippen molar-refractivity contribution in [3.8, 4) is 0 Å². The molecule has 1 aliphatic rings. The lowest BCUT2D eigenvalue weighted by Crippen LogP contribution is -2.54. The SMILES string of the molecule is CN(C(=O)c1cccnc1F)[C@@H]1CCCC[C@H]1N(C)C(=O)c1cccnc1F. The minimum Gasteiger partial charge on any atom is -0.337 e. The zero-order valence-electron chi connectivity index (χ0n) is 15.8. The van der Waals surface area contributed by atoms with Gasteiger partial charge >= 0.3 is 0 Å². The molecule has 0 aromatic carbocycles. The standard InChI is InChI=1S/C20H22F2N4O2/c1-25(19(27)13-7-5-11-23-17(13)21)15-9-3-4-10-16(15)26(2)20(28)14-8-6-12-24-18(14)22/h5-8,11-12,15-16H,3-4,9-10H2,1-2H3/t15-,16-/m1/s1. The molecule has 0 saturated heterocycles. The molecule has 2 amide bonds. The maximum absolute atomic E-state index is 13.9. The summed E-state index contributed by atoms with van der Waals surface area (Å²) >= 11 is 0. The Balaban J connectivity index is 1.83. The fraction of sp³-hybridized carbons (Fsp3) is 0.400. The summed E-state index contributed by atoms with van der Waals surface area (Å²) in [6.07, 6.45) is 5.67. The molecule has 2 aromatic rings. The minimum absolute atomic E-state index is 0.110. The monoisotopic (exact) mass is 388 g/mol. The molecule has 3 rings (SSSR count). The van der Waals surface area contributed by atoms with E-state index in [1.54, 1.807) is 14.1 Å². The van der Waals surface area contributed by atoms with Crippen LogP contribution in [0, 0.1) is 11.9 Å². The van der Waals surface area contributed by atoms with Gasteiger partial charge in [-0.15, -0.1) is 0 Å². The van der Waals surface area contributed by atoms with E-state index in [0.717, 1.165) is 12.8 Å². The molecule has 2 aromatic heterocycles. The van der Waals surface area contributed by atoms with Crippen molar-refractivity contribution in [3.63, 3.8) is 0 Å². The van der Waals surface area contributed by atoms with Crippen molar-refractivity contribution in [2.45, 2.75) is 37.8 Å². The fourth-order valence-electron chi connectivity index (χ4n) is 3.77. The van der Waals surface area contributed by atoms with Crippen molar-refractivity contribution in [1.29, 1.82) is 0 Å². The van der Waals surface area contributed by atoms with Gasteiger partial charge in [0, 0.05) is 26.5 Å². The van der Waals surface area contributed by atoms with Gasteiger partial charge in [0.25, 0.3) is 11.8 Å². The second-order valence-electron chi connectivity index (χ2n) is 6.93. The van der Waals surface area contributed by atoms with Crippen molar-refractivity contribution in [2.75, 3.05) is 14.1 Å². The molecule has 6 nitrogen and oxygen atoms in total. The van der Waals surface area contributed by atoms with E-state index < -0.39 is 23.7 Å². The number of nitrogens with zero attached hydrogens (tertiary/aromatic N) is 4. The van der Waals surface area contributed by atoms with Crippen molar-refractivity contribution in [2.24, 2.45) is 0 Å². The number of halogens is 2. The van der Waals surface area contributed by atoms with Crippen LogP contribution in [0.2, 0.25) is 0 Å². The molecule has 1 fully saturated rings. The third kappa shape index (κ3) is 3.85. The molecule has 8 heteroatoms. The summed E-state index contributed by atoms with van der Waals surface area (Å²) in [5.41, 5.74) is -0.219. The molecule has 0 bridgehead atoms. The van der Waals surface area contributed by atoms with Crippen LogP contribution in [0.3, 0.4) is 0 Å². The highest BCUT2D eigenvalue weighted by Crippen LogP contribution is 2.28. The predicted octanol–water partition coefficient (Wildman–Crippen LogP) is 2.91. The first-order chi connectivity index (χ1) is 13.4. The van der Waals surface area contributed by atoms with Crippen molar-refractivity contribution in [3.05, 3.63) is 59.7 Å². The van der Waals surface area contributed by atoms with Gasteiger partial charge in [-0.2, -0.15) is 8.78 Å². The van der Waals surface area contributed by atoms with E-state index >= 15 is 0 Å². The van der Waals surface area contributed by atoms with E-state index in [1.807, 2.05) is 0 Å². The van der Waals surface area contributed by atoms with Gasteiger partial charge in [-0.3, -0.25) is 9.59 Å². The summed E-state index contributed by atoms with van der Waals surface area (Å²) in [7, 11) is 3.20. The molecule has 1 aliphatic carbocycles. The topological polar surface area (TPSA) is 66.4 Å². The lowest BCUT2D eigenvalue weighted by molar-refractivity contribution is 0.0415. The van der Waals surface area contributed by atoms with Gasteiger partial charge in [-0.05, 0) is 37.1 Å². The lowest BCUT2D eigenvalue weighted by atomic mass is 9.87. The third-order valence-electron chi connectivity index (χ3n) is 5.31. The van der Waals surface area contributed by atoms with E-state index in [4.69, 9.17) is 0 Å². The van der Waals surface area contributed by atoms with Crippen LogP contribution in [0.1, 0.15) is 46.4 Å². The Kier molecular flexibility index (Phi) is 5.96. The number of amides is 2. The van der Waals surface area contributed by atoms with Crippen molar-refractivity contribution in [1.82, 2.24) is 19.8 Å². The van der Waals surface area contributed by atoms with Crippen LogP contribution in [0.25, 0.3) is 0 Å². The first-order valence-corrected chi connectivity index (χ1v) is 9.17. The fourth-order valence-corrected chi connectivity index (χ4v) is 3.77. The van der Waals surface area contributed by atoms with Gasteiger partial charge in [-0.25, -0.2) is 9.97 Å². The highest BCUT2D eigenvalue weighted by molar-refractivity contribution is 5.95. The second kappa shape index (κ2) is 8.41. The molecule has 0 aliphatic heterocycles. The number of hydrogen-bond acceptors (Lipinski definition) is 4. The number of carbonyl (C=O) groups excluding carboxylic acids is 2. The Hall–Kier alpha value is -2.90. The first-order valence-electron chi connectivity index (χ1n) is 9.17. The third-order valence-corrected chi connectivity index (χ3v) is 5.31. The average molecular weight is 388 g/mol. The van der Waals surface area contributed by atoms with Gasteiger partial charge < -0.3 is 9.80 Å². The lowest BCUT2D eigenvalue weighted by Gasteiger charge is -2.42. The Bertz CT molecular complexity index is 805. The highest BCUT2D eigenvalue weighted by atomic mass is 19.1. The van der Waals surface area contributed by atoms with Crippen LogP contribution in [0.5, 0.6) is 0 Å². The van der Waals surface area contributed by atoms with Crippen LogP contribution in [-0.2, 0) is 0 Å². The molecule has 0 radical (unpaired) electrons. The average Bonchev–Trinajstić information content (AvgIpc) is 2.72. The number of rotatable bonds is 4. The van der Waals surface area contributed by atoms with Gasteiger partial charge in [0.1, 0.15) is 0 Å². The molecule has 1 saturated carbocycles. The predicted molar refractivity (Wildman–Crippen MR) is 98.6 cm³/mol. The van der Waals surface area contributed by atoms with Crippen molar-refractivity contribution < 1.29 is 18.4 Å². The van der Waals surface area contributed by atoms with Crippen LogP contribution < -0.4 is 0 Å². The highest BCUT2D eigenvalue weighted by Gasteiger charge is 2.36. The zero-order valence-corrected chi connectivity index (χ0v) is 15.8. The number of pyridine rings is 2. The number of likely N-dealkylation sites (N-methyl/N-ethyl adjacent to an activating group) is 2. The Labute approximate surface area is 162 Å². The molecular formula is C20H22F2N4O2. The quantitative estimate of drug-likeness (QED) is 0.756. The van der Waals surface area contributed by atoms with E-state index in [1.165, 1.54) is 46.5 Å². The molecule has 0 unspecified atom stereocenters. The molecular weight excluding hydrogens is 366 g/mol. The van der Waals surface area contributed by atoms with E-state index in [-0.39, 0.29) is 23.2 Å². The molecule has 0 spiro atoms. The van der Waals surface area contributed by atoms with Gasteiger partial charge in [0.05, 0.1) is 23.2 Å². The minimum atomic E-state index is -0.825. The summed E-state index contributed by atoms with van der Waals surface area (Å²) < 4.78 is 27.9. The normalized spacial score (nSPS) is 19.1. The largest absolute Gasteiger partial charge is 0.337 e. The van der Waals surface area contributed by atoms with Crippen LogP contribution in [0.4, 0.5) is 8.78 Å². The van der Waals surface area contributed by atoms with Gasteiger partial charge in [-0.1, -0.05) is 12.8 Å². The number of hydrogen-bond donors (Lipinski definition) is 0. The summed E-state index contributed by atoms with van der Waals surface area (Å²) in [5, 5.41) is 0. The summed E-state index contributed by atoms with van der Waals surface area (Å²) in [6.45, 7) is 0. The number of aromatic nitrogens is 2. The van der Waals surface area contributed by atoms with E-state index in [2.05, 4.69) is 9.97 Å². The van der Waals surface area contributed by atoms with Crippen LogP contribution in [-0.4, -0.2) is 57.8 Å². The smallest absolute Gasteiger partial charge is 0.258 e. The second-order valence-corrected chi connectivity index (χ2v) is 6.93. The van der Waals surface area contributed by atoms with Crippen LogP contribution >= 0.6 is 0 Å². The Morgan fingerprint density at radius 2 is 1.25 bits per heavy atom. The molecule has 2 atom stereocenters. The van der Waals surface area contributed by atoms with Crippen molar-refractivity contribution >= 4 is 11.8 Å². The summed E-state index contributed by atoms with van der Waals surface area (Å²) in [5.74, 6) is -2.63. The zero-order chi connectivity index (χ0) is 20.3. The summed E-state index contributed by atoms with van der Waals surface area (Å²) in [6, 6.07) is 5.16. The number of carbonyl (C=O) groups is 2. The summed E-state index contributed by atoms with van der Waals surface area (Å²) in [4.78, 5) is 35.6. The maximum atomic E-state index is 13.9. The van der Waals surface area contributed by atoms with Gasteiger partial charge in [0.15, 0.2) is 0 Å².